The molecule has 0 atom stereocenters. The van der Waals surface area contributed by atoms with E-state index in [2.05, 4.69) is 4.98 Å². The second-order valence-corrected chi connectivity index (χ2v) is 6.30. The van der Waals surface area contributed by atoms with Gasteiger partial charge in [-0.05, 0) is 12.8 Å². The summed E-state index contributed by atoms with van der Waals surface area (Å²) in [5.41, 5.74) is 0.826. The third kappa shape index (κ3) is 4.64. The highest BCUT2D eigenvalue weighted by Gasteiger charge is 2.18. The van der Waals surface area contributed by atoms with Crippen LogP contribution in [0.1, 0.15) is 30.8 Å². The zero-order valence-corrected chi connectivity index (χ0v) is 12.8. The van der Waals surface area contributed by atoms with E-state index < -0.39 is 27.4 Å². The lowest BCUT2D eigenvalue weighted by Gasteiger charge is -2.17. The van der Waals surface area contributed by atoms with E-state index in [1.165, 1.54) is 4.57 Å². The normalized spacial score (nSPS) is 11.6. The number of rotatable bonds is 7. The Morgan fingerprint density at radius 3 is 2.38 bits per heavy atom. The molecule has 1 aromatic rings. The predicted octanol–water partition coefficient (Wildman–Crippen LogP) is -0.716. The molecule has 0 aliphatic heterocycles. The molecule has 0 bridgehead atoms. The molecule has 0 saturated heterocycles. The lowest BCUT2D eigenvalue weighted by Crippen LogP contribution is -2.33. The van der Waals surface area contributed by atoms with Crippen molar-refractivity contribution in [1.29, 1.82) is 0 Å². The van der Waals surface area contributed by atoms with E-state index in [4.69, 9.17) is 10.2 Å². The van der Waals surface area contributed by atoms with Gasteiger partial charge in [-0.2, -0.15) is 4.98 Å². The zero-order valence-electron chi connectivity index (χ0n) is 12.0. The van der Waals surface area contributed by atoms with Crippen LogP contribution in [0.3, 0.4) is 0 Å². The van der Waals surface area contributed by atoms with Crippen LogP contribution in [0.15, 0.2) is 4.79 Å². The molecular weight excluding hydrogens is 298 g/mol. The number of nitrogens with zero attached hydrogens (tertiary/aromatic N) is 2. The van der Waals surface area contributed by atoms with Gasteiger partial charge in [0.15, 0.2) is 0 Å². The summed E-state index contributed by atoms with van der Waals surface area (Å²) >= 11 is 0. The van der Waals surface area contributed by atoms with Gasteiger partial charge in [0.05, 0.1) is 17.9 Å². The van der Waals surface area contributed by atoms with Gasteiger partial charge in [0.25, 0.3) is 0 Å². The van der Waals surface area contributed by atoms with Gasteiger partial charge < -0.3 is 5.11 Å². The number of carboxylic acid groups (broad SMARTS) is 1. The van der Waals surface area contributed by atoms with Gasteiger partial charge in [0, 0.05) is 17.8 Å². The number of carboxylic acids is 1. The van der Waals surface area contributed by atoms with Crippen molar-refractivity contribution >= 4 is 16.0 Å². The molecule has 1 heterocycles. The average Bonchev–Trinajstić information content (AvgIpc) is 2.36. The molecule has 3 N–H and O–H groups in total. The van der Waals surface area contributed by atoms with Gasteiger partial charge >= 0.3 is 11.7 Å². The number of hydrogen-bond acceptors (Lipinski definition) is 5. The molecule has 8 nitrogen and oxygen atoms in total. The fourth-order valence-corrected chi connectivity index (χ4v) is 2.63. The van der Waals surface area contributed by atoms with Gasteiger partial charge in [-0.15, -0.1) is 0 Å². The minimum absolute atomic E-state index is 0.134. The van der Waals surface area contributed by atoms with Crippen molar-refractivity contribution in [2.45, 2.75) is 39.7 Å². The first-order valence-electron chi connectivity index (χ1n) is 6.53. The van der Waals surface area contributed by atoms with Crippen molar-refractivity contribution in [3.05, 3.63) is 27.4 Å². The predicted molar refractivity (Wildman–Crippen MR) is 76.6 cm³/mol. The van der Waals surface area contributed by atoms with Gasteiger partial charge in [-0.3, -0.25) is 9.36 Å². The molecule has 21 heavy (non-hydrogen) atoms. The first-order valence-corrected chi connectivity index (χ1v) is 8.24. The minimum atomic E-state index is -3.72. The summed E-state index contributed by atoms with van der Waals surface area (Å²) in [6.07, 6.45) is 0.577. The number of nitrogens with two attached hydrogens (primary N) is 1. The van der Waals surface area contributed by atoms with Crippen LogP contribution in [0, 0.1) is 0 Å². The summed E-state index contributed by atoms with van der Waals surface area (Å²) < 4.78 is 23.3. The Morgan fingerprint density at radius 1 is 1.33 bits per heavy atom. The molecule has 0 aliphatic rings. The maximum atomic E-state index is 12.0. The van der Waals surface area contributed by atoms with Gasteiger partial charge in [-0.25, -0.2) is 18.4 Å². The minimum Gasteiger partial charge on any atom is -0.481 e. The standard InChI is InChI=1S/C12H19N3O5S/c1-3-9-8(7-11(16)17)10(4-2)15(12(18)14-9)5-6-21(13,19)20/h3-7H2,1-2H3,(H,16,17)(H2,13,19,20). The largest absolute Gasteiger partial charge is 0.481 e. The molecule has 1 rings (SSSR count). The average molecular weight is 317 g/mol. The van der Waals surface area contributed by atoms with Crippen LogP contribution >= 0.6 is 0 Å². The van der Waals surface area contributed by atoms with Crippen LogP contribution in [-0.4, -0.2) is 34.8 Å². The molecule has 0 radical (unpaired) electrons. The lowest BCUT2D eigenvalue weighted by molar-refractivity contribution is -0.136. The van der Waals surface area contributed by atoms with Crippen LogP contribution in [0.5, 0.6) is 0 Å². The first-order chi connectivity index (χ1) is 9.69. The van der Waals surface area contributed by atoms with Crippen LogP contribution in [0.4, 0.5) is 0 Å². The zero-order chi connectivity index (χ0) is 16.2. The molecule has 1 aromatic heterocycles. The van der Waals surface area contributed by atoms with Crippen molar-refractivity contribution in [2.24, 2.45) is 5.14 Å². The van der Waals surface area contributed by atoms with Gasteiger partial charge in [0.1, 0.15) is 0 Å². The number of aliphatic carboxylic acids is 1. The summed E-state index contributed by atoms with van der Waals surface area (Å²) in [6.45, 7) is 3.42. The van der Waals surface area contributed by atoms with Crippen LogP contribution in [-0.2, 0) is 40.6 Å². The molecule has 9 heteroatoms. The number of sulfonamides is 1. The van der Waals surface area contributed by atoms with Gasteiger partial charge in [0.2, 0.25) is 10.0 Å². The number of aromatic nitrogens is 2. The van der Waals surface area contributed by atoms with Crippen molar-refractivity contribution in [2.75, 3.05) is 5.75 Å². The van der Waals surface area contributed by atoms with E-state index in [9.17, 15) is 18.0 Å². The highest BCUT2D eigenvalue weighted by molar-refractivity contribution is 7.89. The first kappa shape index (κ1) is 17.3. The summed E-state index contributed by atoms with van der Waals surface area (Å²) in [7, 11) is -3.72. The molecule has 0 saturated carbocycles. The van der Waals surface area contributed by atoms with E-state index in [0.29, 0.717) is 29.8 Å². The number of aryl methyl sites for hydroxylation is 1. The third-order valence-corrected chi connectivity index (χ3v) is 3.83. The van der Waals surface area contributed by atoms with E-state index >= 15 is 0 Å². The van der Waals surface area contributed by atoms with Gasteiger partial charge in [-0.1, -0.05) is 13.8 Å². The topological polar surface area (TPSA) is 132 Å². The molecular formula is C12H19N3O5S. The molecule has 0 aromatic carbocycles. The summed E-state index contributed by atoms with van der Waals surface area (Å²) in [5, 5.41) is 13.9. The highest BCUT2D eigenvalue weighted by Crippen LogP contribution is 2.14. The molecule has 0 amide bonds. The van der Waals surface area contributed by atoms with Crippen molar-refractivity contribution in [3.8, 4) is 0 Å². The lowest BCUT2D eigenvalue weighted by atomic mass is 10.0. The number of carbonyl (C=O) groups is 1. The van der Waals surface area contributed by atoms with E-state index in [1.807, 2.05) is 0 Å². The summed E-state index contributed by atoms with van der Waals surface area (Å²) in [4.78, 5) is 26.9. The highest BCUT2D eigenvalue weighted by atomic mass is 32.2. The molecule has 0 spiro atoms. The third-order valence-electron chi connectivity index (χ3n) is 3.08. The quantitative estimate of drug-likeness (QED) is 0.682. The van der Waals surface area contributed by atoms with E-state index in [-0.39, 0.29) is 13.0 Å². The Bertz CT molecular complexity index is 694. The number of hydrogen-bond donors (Lipinski definition) is 2. The second-order valence-electron chi connectivity index (χ2n) is 4.56. The smallest absolute Gasteiger partial charge is 0.348 e. The van der Waals surface area contributed by atoms with Crippen molar-refractivity contribution in [1.82, 2.24) is 9.55 Å². The molecule has 0 unspecified atom stereocenters. The van der Waals surface area contributed by atoms with E-state index in [0.717, 1.165) is 0 Å². The van der Waals surface area contributed by atoms with Crippen LogP contribution in [0.2, 0.25) is 0 Å². The summed E-state index contributed by atoms with van der Waals surface area (Å²) in [6, 6.07) is 0. The fourth-order valence-electron chi connectivity index (χ4n) is 2.19. The van der Waals surface area contributed by atoms with Crippen molar-refractivity contribution < 1.29 is 18.3 Å². The fraction of sp³-hybridized carbons (Fsp3) is 0.583. The monoisotopic (exact) mass is 317 g/mol. The maximum Gasteiger partial charge on any atom is 0.348 e. The van der Waals surface area contributed by atoms with Crippen molar-refractivity contribution in [3.63, 3.8) is 0 Å². The molecule has 0 aliphatic carbocycles. The molecule has 0 fully saturated rings. The Labute approximate surface area is 122 Å². The van der Waals surface area contributed by atoms with E-state index in [1.54, 1.807) is 13.8 Å². The number of primary sulfonamides is 1. The van der Waals surface area contributed by atoms with Crippen LogP contribution < -0.4 is 10.8 Å². The molecule has 118 valence electrons. The Balaban J connectivity index is 3.42. The van der Waals surface area contributed by atoms with Crippen LogP contribution in [0.25, 0.3) is 0 Å². The summed E-state index contributed by atoms with van der Waals surface area (Å²) in [5.74, 6) is -1.43. The Morgan fingerprint density at radius 2 is 1.95 bits per heavy atom. The maximum absolute atomic E-state index is 12.0. The SMILES string of the molecule is CCc1nc(=O)n(CCS(N)(=O)=O)c(CC)c1CC(=O)O. The Hall–Kier alpha value is -1.74. The second kappa shape index (κ2) is 6.81. The Kier molecular flexibility index (Phi) is 5.62.